The van der Waals surface area contributed by atoms with E-state index >= 15 is 0 Å². The van der Waals surface area contributed by atoms with Gasteiger partial charge in [0.2, 0.25) is 0 Å². The van der Waals surface area contributed by atoms with Gasteiger partial charge in [-0.3, -0.25) is 9.35 Å². The molecule has 36 heavy (non-hydrogen) atoms. The second kappa shape index (κ2) is 13.1. The number of esters is 1. The number of rotatable bonds is 10. The average molecular weight is 960 g/mol. The van der Waals surface area contributed by atoms with Crippen LogP contribution in [0.4, 0.5) is 0 Å². The number of ether oxygens (including phenoxy) is 3. The molecule has 0 aromatic heterocycles. The first-order chi connectivity index (χ1) is 16.9. The molecule has 0 saturated heterocycles. The highest BCUT2D eigenvalue weighted by molar-refractivity contribution is 14.1. The van der Waals surface area contributed by atoms with E-state index in [-0.39, 0.29) is 31.0 Å². The van der Waals surface area contributed by atoms with Gasteiger partial charge in [-0.1, -0.05) is 6.92 Å². The van der Waals surface area contributed by atoms with Gasteiger partial charge in [0.25, 0.3) is 10.1 Å². The number of benzene rings is 3. The first-order valence-corrected chi connectivity index (χ1v) is 16.1. The maximum absolute atomic E-state index is 13.6. The summed E-state index contributed by atoms with van der Waals surface area (Å²) in [5, 5.41) is 0. The molecule has 0 bridgehead atoms. The Labute approximate surface area is 264 Å². The van der Waals surface area contributed by atoms with E-state index in [0.29, 0.717) is 17.9 Å². The Hall–Kier alpha value is -0.440. The van der Waals surface area contributed by atoms with Crippen molar-refractivity contribution in [2.75, 3.05) is 13.2 Å². The second-order valence-corrected chi connectivity index (χ2v) is 13.9. The second-order valence-electron chi connectivity index (χ2n) is 7.70. The minimum absolute atomic E-state index is 0.00454. The van der Waals surface area contributed by atoms with E-state index in [0.717, 1.165) is 7.14 Å². The molecule has 3 aromatic rings. The molecule has 0 unspecified atom stereocenters. The predicted octanol–water partition coefficient (Wildman–Crippen LogP) is 6.81. The van der Waals surface area contributed by atoms with Gasteiger partial charge in [-0.25, -0.2) is 0 Å². The third-order valence-corrected chi connectivity index (χ3v) is 10.0. The zero-order chi connectivity index (χ0) is 26.5. The van der Waals surface area contributed by atoms with Gasteiger partial charge in [0.1, 0.15) is 40.8 Å². The summed E-state index contributed by atoms with van der Waals surface area (Å²) in [6.45, 7) is 1.86. The molecule has 0 aliphatic carbocycles. The summed E-state index contributed by atoms with van der Waals surface area (Å²) in [7, 11) is -4.42. The van der Waals surface area contributed by atoms with Crippen LogP contribution >= 0.6 is 90.4 Å². The Kier molecular flexibility index (Phi) is 10.9. The van der Waals surface area contributed by atoms with Gasteiger partial charge in [-0.2, -0.15) is 8.42 Å². The molecule has 3 rings (SSSR count). The fourth-order valence-electron chi connectivity index (χ4n) is 3.07. The lowest BCUT2D eigenvalue weighted by molar-refractivity contribution is -0.150. The largest absolute Gasteiger partial charge is 0.492 e. The quantitative estimate of drug-likeness (QED) is 0.103. The fraction of sp³-hybridized carbons (Fsp3) is 0.208. The number of hydrogen-bond donors (Lipinski definition) is 1. The maximum Gasteiger partial charge on any atom is 0.324 e. The summed E-state index contributed by atoms with van der Waals surface area (Å²) in [6, 6.07) is 17.7. The van der Waals surface area contributed by atoms with Crippen molar-refractivity contribution in [2.24, 2.45) is 5.41 Å². The molecular formula is C24H20I4O7S. The third-order valence-electron chi connectivity index (χ3n) is 5.21. The molecule has 0 saturated carbocycles. The molecule has 0 spiro atoms. The summed E-state index contributed by atoms with van der Waals surface area (Å²) < 4.78 is 53.2. The van der Waals surface area contributed by atoms with Crippen molar-refractivity contribution in [1.29, 1.82) is 0 Å². The highest BCUT2D eigenvalue weighted by atomic mass is 127. The normalized spacial score (nSPS) is 11.7. The molecule has 12 heteroatoms. The van der Waals surface area contributed by atoms with Gasteiger partial charge < -0.3 is 14.2 Å². The summed E-state index contributed by atoms with van der Waals surface area (Å²) >= 11 is 7.97. The van der Waals surface area contributed by atoms with Gasteiger partial charge in [0.15, 0.2) is 0 Å². The number of carbonyl (C=O) groups excluding carboxylic acids is 1. The number of carbonyl (C=O) groups is 1. The molecule has 0 radical (unpaired) electrons. The minimum atomic E-state index is -4.42. The van der Waals surface area contributed by atoms with Gasteiger partial charge in [0.05, 0.1) is 0 Å². The van der Waals surface area contributed by atoms with Crippen molar-refractivity contribution in [1.82, 2.24) is 0 Å². The molecule has 0 aliphatic rings. The van der Waals surface area contributed by atoms with Crippen LogP contribution in [0.1, 0.15) is 13.3 Å². The predicted molar refractivity (Wildman–Crippen MR) is 169 cm³/mol. The van der Waals surface area contributed by atoms with Crippen LogP contribution in [0, 0.1) is 19.7 Å². The SMILES string of the molecule is CCC(COc1ccc(I)cc1)(COc1ccc(I)cc1)C(=O)Oc1cc(I)c(S(=O)(=O)O)c(I)c1. The Morgan fingerprint density at radius 3 is 1.58 bits per heavy atom. The van der Waals surface area contributed by atoms with Crippen LogP contribution in [-0.4, -0.2) is 32.2 Å². The monoisotopic (exact) mass is 960 g/mol. The molecule has 0 amide bonds. The van der Waals surface area contributed by atoms with E-state index in [1.807, 2.05) is 55.5 Å². The number of hydrogen-bond acceptors (Lipinski definition) is 6. The first-order valence-electron chi connectivity index (χ1n) is 10.4. The minimum Gasteiger partial charge on any atom is -0.492 e. The van der Waals surface area contributed by atoms with Crippen molar-refractivity contribution in [3.63, 3.8) is 0 Å². The Bertz CT molecular complexity index is 1260. The van der Waals surface area contributed by atoms with Gasteiger partial charge >= 0.3 is 5.97 Å². The van der Waals surface area contributed by atoms with Crippen molar-refractivity contribution < 1.29 is 32.0 Å². The zero-order valence-corrected chi connectivity index (χ0v) is 28.2. The van der Waals surface area contributed by atoms with Crippen LogP contribution in [-0.2, 0) is 14.9 Å². The van der Waals surface area contributed by atoms with E-state index < -0.39 is 21.5 Å². The first kappa shape index (κ1) is 30.1. The lowest BCUT2D eigenvalue weighted by atomic mass is 9.87. The van der Waals surface area contributed by atoms with Crippen LogP contribution in [0.3, 0.4) is 0 Å². The van der Waals surface area contributed by atoms with Crippen LogP contribution in [0.2, 0.25) is 0 Å². The molecule has 0 atom stereocenters. The average Bonchev–Trinajstić information content (AvgIpc) is 2.80. The molecular weight excluding hydrogens is 940 g/mol. The molecule has 3 aromatic carbocycles. The summed E-state index contributed by atoms with van der Waals surface area (Å²) in [5.74, 6) is 0.795. The highest BCUT2D eigenvalue weighted by Gasteiger charge is 2.41. The van der Waals surface area contributed by atoms with E-state index in [4.69, 9.17) is 14.2 Å². The molecule has 0 fully saturated rings. The Balaban J connectivity index is 1.89. The van der Waals surface area contributed by atoms with E-state index in [1.54, 1.807) is 45.2 Å². The van der Waals surface area contributed by atoms with Crippen molar-refractivity contribution in [3.8, 4) is 17.2 Å². The van der Waals surface area contributed by atoms with Crippen molar-refractivity contribution >= 4 is 106 Å². The number of halogens is 4. The Morgan fingerprint density at radius 1 is 0.806 bits per heavy atom. The van der Waals surface area contributed by atoms with Crippen LogP contribution in [0.15, 0.2) is 65.6 Å². The standard InChI is InChI=1S/C24H20I4O7S/c1-2-24(13-33-17-7-3-15(25)4-8-17,14-34-18-9-5-16(26)6-10-18)23(29)35-19-11-20(27)22(21(28)12-19)36(30,31)32/h3-12H,2,13-14H2,1H3,(H,30,31,32). The topological polar surface area (TPSA) is 99.1 Å². The molecule has 7 nitrogen and oxygen atoms in total. The molecule has 192 valence electrons. The molecule has 0 aliphatic heterocycles. The highest BCUT2D eigenvalue weighted by Crippen LogP contribution is 2.33. The van der Waals surface area contributed by atoms with Gasteiger partial charge in [0, 0.05) is 14.3 Å². The van der Waals surface area contributed by atoms with E-state index in [1.165, 1.54) is 12.1 Å². The lowest BCUT2D eigenvalue weighted by Gasteiger charge is -2.30. The Morgan fingerprint density at radius 2 is 1.22 bits per heavy atom. The van der Waals surface area contributed by atoms with Gasteiger partial charge in [-0.15, -0.1) is 0 Å². The smallest absolute Gasteiger partial charge is 0.324 e. The van der Waals surface area contributed by atoms with Crippen molar-refractivity contribution in [2.45, 2.75) is 18.2 Å². The summed E-state index contributed by atoms with van der Waals surface area (Å²) in [5.41, 5.74) is -1.16. The fourth-order valence-corrected chi connectivity index (χ4v) is 7.78. The summed E-state index contributed by atoms with van der Waals surface area (Å²) in [4.78, 5) is 13.3. The lowest BCUT2D eigenvalue weighted by Crippen LogP contribution is -2.44. The third kappa shape index (κ3) is 8.03. The van der Waals surface area contributed by atoms with Crippen molar-refractivity contribution in [3.05, 3.63) is 74.9 Å². The molecule has 1 N–H and O–H groups in total. The maximum atomic E-state index is 13.6. The van der Waals surface area contributed by atoms with E-state index in [9.17, 15) is 17.8 Å². The van der Waals surface area contributed by atoms with Gasteiger partial charge in [-0.05, 0) is 157 Å². The van der Waals surface area contributed by atoms with Crippen LogP contribution in [0.25, 0.3) is 0 Å². The van der Waals surface area contributed by atoms with Crippen LogP contribution < -0.4 is 14.2 Å². The van der Waals surface area contributed by atoms with E-state index in [2.05, 4.69) is 45.2 Å². The molecule has 0 heterocycles. The zero-order valence-electron chi connectivity index (χ0n) is 18.7. The summed E-state index contributed by atoms with van der Waals surface area (Å²) in [6.07, 6.45) is 0.359. The van der Waals surface area contributed by atoms with Crippen LogP contribution in [0.5, 0.6) is 17.2 Å².